The Kier molecular flexibility index (Phi) is 6.24. The average molecular weight is 558 g/mol. The Bertz CT molecular complexity index is 1840. The van der Waals surface area contributed by atoms with E-state index in [1.807, 2.05) is 60.1 Å². The van der Waals surface area contributed by atoms with Gasteiger partial charge in [-0.05, 0) is 36.2 Å². The Morgan fingerprint density at radius 1 is 1.03 bits per heavy atom. The van der Waals surface area contributed by atoms with Gasteiger partial charge >= 0.3 is 0 Å². The number of fused-ring (bicyclic) bond motifs is 1. The minimum absolute atomic E-state index is 0.218. The van der Waals surface area contributed by atoms with E-state index in [0.717, 1.165) is 43.5 Å². The van der Waals surface area contributed by atoms with Crippen molar-refractivity contribution >= 4 is 49.2 Å². The van der Waals surface area contributed by atoms with Crippen molar-refractivity contribution in [3.05, 3.63) is 90.2 Å². The van der Waals surface area contributed by atoms with Gasteiger partial charge in [-0.2, -0.15) is 0 Å². The number of pyridine rings is 1. The molecule has 6 rings (SSSR count). The number of para-hydroxylation sites is 1. The summed E-state index contributed by atoms with van der Waals surface area (Å²) in [4.78, 5) is 36.4. The number of nitrogens with zero attached hydrogens (tertiary/aromatic N) is 4. The molecule has 0 unspecified atom stereocenters. The summed E-state index contributed by atoms with van der Waals surface area (Å²) >= 11 is 1.31. The van der Waals surface area contributed by atoms with Crippen molar-refractivity contribution in [1.82, 2.24) is 18.8 Å². The van der Waals surface area contributed by atoms with Gasteiger partial charge in [0.05, 0.1) is 23.0 Å². The molecule has 1 aliphatic rings. The number of nitrogens with one attached hydrogen (secondary N) is 1. The largest absolute Gasteiger partial charge is 0.326 e. The maximum Gasteiger partial charge on any atom is 0.256 e. The molecular formula is C28H23N5O4S2. The SMILES string of the molecule is CS(=O)(=O)n1ccc(C(=O)N2CC[C@H]2C(=O)Nc2nc(-c3cccc(-c4cnc5ccccc5c4)c3)cs2)c1. The Labute approximate surface area is 228 Å². The van der Waals surface area contributed by atoms with Crippen molar-refractivity contribution in [1.29, 1.82) is 0 Å². The molecule has 5 aromatic rings. The van der Waals surface area contributed by atoms with Crippen LogP contribution in [-0.4, -0.2) is 57.9 Å². The summed E-state index contributed by atoms with van der Waals surface area (Å²) in [6, 6.07) is 18.9. The molecule has 1 aliphatic heterocycles. The summed E-state index contributed by atoms with van der Waals surface area (Å²) in [5, 5.41) is 6.22. The van der Waals surface area contributed by atoms with Gasteiger partial charge in [0.2, 0.25) is 15.9 Å². The molecular weight excluding hydrogens is 534 g/mol. The lowest BCUT2D eigenvalue weighted by atomic mass is 10.0. The third-order valence-corrected chi connectivity index (χ3v) is 8.45. The van der Waals surface area contributed by atoms with Gasteiger partial charge in [0.25, 0.3) is 5.91 Å². The molecule has 1 atom stereocenters. The predicted octanol–water partition coefficient (Wildman–Crippen LogP) is 4.49. The van der Waals surface area contributed by atoms with Gasteiger partial charge in [-0.25, -0.2) is 13.4 Å². The van der Waals surface area contributed by atoms with Crippen molar-refractivity contribution in [3.8, 4) is 22.4 Å². The summed E-state index contributed by atoms with van der Waals surface area (Å²) in [6.07, 6.45) is 6.01. The molecule has 0 spiro atoms. The van der Waals surface area contributed by atoms with Gasteiger partial charge in [-0.1, -0.05) is 36.4 Å². The van der Waals surface area contributed by atoms with Gasteiger partial charge in [0, 0.05) is 47.0 Å². The van der Waals surface area contributed by atoms with Gasteiger partial charge < -0.3 is 10.2 Å². The molecule has 1 N–H and O–H groups in total. The van der Waals surface area contributed by atoms with Crippen LogP contribution < -0.4 is 5.32 Å². The highest BCUT2D eigenvalue weighted by atomic mass is 32.2. The van der Waals surface area contributed by atoms with E-state index in [1.54, 1.807) is 0 Å². The lowest BCUT2D eigenvalue weighted by Gasteiger charge is -2.39. The van der Waals surface area contributed by atoms with Crippen LogP contribution in [-0.2, 0) is 14.8 Å². The van der Waals surface area contributed by atoms with E-state index in [9.17, 15) is 18.0 Å². The fraction of sp³-hybridized carbons (Fsp3) is 0.143. The van der Waals surface area contributed by atoms with Crippen LogP contribution in [0.3, 0.4) is 0 Å². The van der Waals surface area contributed by atoms with Crippen LogP contribution in [0.25, 0.3) is 33.3 Å². The second-order valence-corrected chi connectivity index (χ2v) is 12.1. The van der Waals surface area contributed by atoms with Crippen molar-refractivity contribution < 1.29 is 18.0 Å². The first-order valence-electron chi connectivity index (χ1n) is 12.2. The lowest BCUT2D eigenvalue weighted by molar-refractivity contribution is -0.123. The zero-order chi connectivity index (χ0) is 27.1. The Morgan fingerprint density at radius 2 is 1.85 bits per heavy atom. The smallest absolute Gasteiger partial charge is 0.256 e. The molecule has 0 radical (unpaired) electrons. The molecule has 11 heteroatoms. The molecule has 4 heterocycles. The monoisotopic (exact) mass is 557 g/mol. The molecule has 0 bridgehead atoms. The van der Waals surface area contributed by atoms with Crippen molar-refractivity contribution in [3.63, 3.8) is 0 Å². The summed E-state index contributed by atoms with van der Waals surface area (Å²) < 4.78 is 24.4. The zero-order valence-electron chi connectivity index (χ0n) is 20.8. The number of carbonyl (C=O) groups is 2. The minimum atomic E-state index is -3.49. The fourth-order valence-corrected chi connectivity index (χ4v) is 5.83. The van der Waals surface area contributed by atoms with Crippen LogP contribution in [0.5, 0.6) is 0 Å². The van der Waals surface area contributed by atoms with Crippen molar-refractivity contribution in [2.45, 2.75) is 12.5 Å². The first-order valence-corrected chi connectivity index (χ1v) is 14.9. The van der Waals surface area contributed by atoms with E-state index in [4.69, 9.17) is 0 Å². The fourth-order valence-electron chi connectivity index (χ4n) is 4.52. The molecule has 3 aromatic heterocycles. The number of likely N-dealkylation sites (tertiary alicyclic amines) is 1. The van der Waals surface area contributed by atoms with E-state index in [-0.39, 0.29) is 17.4 Å². The van der Waals surface area contributed by atoms with E-state index in [0.29, 0.717) is 18.1 Å². The predicted molar refractivity (Wildman–Crippen MR) is 151 cm³/mol. The molecule has 9 nitrogen and oxygen atoms in total. The molecule has 2 aromatic carbocycles. The molecule has 39 heavy (non-hydrogen) atoms. The first kappa shape index (κ1) is 25.0. The Balaban J connectivity index is 1.15. The van der Waals surface area contributed by atoms with Crippen LogP contribution >= 0.6 is 11.3 Å². The van der Waals surface area contributed by atoms with Gasteiger partial charge in [0.1, 0.15) is 6.04 Å². The van der Waals surface area contributed by atoms with Crippen LogP contribution in [0.4, 0.5) is 5.13 Å². The van der Waals surface area contributed by atoms with Gasteiger partial charge in [-0.15, -0.1) is 11.3 Å². The normalized spacial score (nSPS) is 15.2. The number of benzene rings is 2. The number of rotatable bonds is 6. The first-order chi connectivity index (χ1) is 18.8. The highest BCUT2D eigenvalue weighted by Crippen LogP contribution is 2.30. The molecule has 196 valence electrons. The topological polar surface area (TPSA) is 114 Å². The van der Waals surface area contributed by atoms with Gasteiger partial charge in [0.15, 0.2) is 5.13 Å². The van der Waals surface area contributed by atoms with Crippen LogP contribution in [0.15, 0.2) is 84.6 Å². The molecule has 1 fully saturated rings. The number of hydrogen-bond acceptors (Lipinski definition) is 7. The minimum Gasteiger partial charge on any atom is -0.326 e. The zero-order valence-corrected chi connectivity index (χ0v) is 22.4. The number of thiazole rings is 1. The van der Waals surface area contributed by atoms with E-state index in [2.05, 4.69) is 21.4 Å². The molecule has 0 aliphatic carbocycles. The number of anilines is 1. The third kappa shape index (κ3) is 4.93. The molecule has 0 saturated carbocycles. The second-order valence-electron chi connectivity index (χ2n) is 9.32. The Morgan fingerprint density at radius 3 is 2.62 bits per heavy atom. The summed E-state index contributed by atoms with van der Waals surface area (Å²) in [5.41, 5.74) is 4.81. The number of amides is 2. The number of carbonyl (C=O) groups excluding carboxylic acids is 2. The quantitative estimate of drug-likeness (QED) is 0.329. The van der Waals surface area contributed by atoms with E-state index >= 15 is 0 Å². The Hall–Kier alpha value is -4.35. The average Bonchev–Trinajstić information content (AvgIpc) is 3.58. The lowest BCUT2D eigenvalue weighted by Crippen LogP contribution is -2.56. The maximum atomic E-state index is 13.0. The van der Waals surface area contributed by atoms with Crippen molar-refractivity contribution in [2.24, 2.45) is 0 Å². The highest BCUT2D eigenvalue weighted by Gasteiger charge is 2.38. The number of aromatic nitrogens is 3. The van der Waals surface area contributed by atoms with Crippen molar-refractivity contribution in [2.75, 3.05) is 18.1 Å². The summed E-state index contributed by atoms with van der Waals surface area (Å²) in [7, 11) is -3.49. The highest BCUT2D eigenvalue weighted by molar-refractivity contribution is 7.89. The van der Waals surface area contributed by atoms with Crippen LogP contribution in [0.2, 0.25) is 0 Å². The molecule has 2 amide bonds. The van der Waals surface area contributed by atoms with Gasteiger partial charge in [-0.3, -0.25) is 18.5 Å². The standard InChI is InChI=1S/C28H23N5O4S2/c1-39(36,37)32-11-9-21(16-32)27(35)33-12-10-25(33)26(34)31-28-30-24(17-38-28)20-7-4-6-18(13-20)22-14-19-5-2-3-8-23(19)29-15-22/h2-9,11,13-17,25H,10,12H2,1H3,(H,30,31,34)/t25-/m0/s1. The summed E-state index contributed by atoms with van der Waals surface area (Å²) in [5.74, 6) is -0.711. The van der Waals surface area contributed by atoms with Crippen LogP contribution in [0, 0.1) is 0 Å². The second kappa shape index (κ2) is 9.75. The van der Waals surface area contributed by atoms with E-state index in [1.165, 1.54) is 34.7 Å². The van der Waals surface area contributed by atoms with Crippen LogP contribution in [0.1, 0.15) is 16.8 Å². The summed E-state index contributed by atoms with van der Waals surface area (Å²) in [6.45, 7) is 0.417. The van der Waals surface area contributed by atoms with E-state index < -0.39 is 16.1 Å². The maximum absolute atomic E-state index is 13.0. The third-order valence-electron chi connectivity index (χ3n) is 6.70. The molecule has 1 saturated heterocycles. The number of hydrogen-bond donors (Lipinski definition) is 1.